The Morgan fingerprint density at radius 2 is 1.73 bits per heavy atom. The minimum atomic E-state index is -0.644. The standard InChI is InChI=1S/C33H32N2O5/c1-21(2)27-16-11-22(3)17-30(27)40-26-14-12-25(13-15-26)35-19-24(18-32(35)37)33(38)39-20-31(36)34-29-10-6-8-23-7-4-5-9-28(23)29/h4-17,21,24H,18-20H2,1-3H3,(H,34,36)/t24-/m1/s1. The van der Waals surface area contributed by atoms with E-state index in [0.717, 1.165) is 27.6 Å². The van der Waals surface area contributed by atoms with Gasteiger partial charge in [0.15, 0.2) is 6.61 Å². The number of benzene rings is 4. The molecule has 0 radical (unpaired) electrons. The van der Waals surface area contributed by atoms with Crippen LogP contribution in [0.25, 0.3) is 10.8 Å². The highest BCUT2D eigenvalue weighted by atomic mass is 16.5. The first-order chi connectivity index (χ1) is 19.3. The number of anilines is 2. The SMILES string of the molecule is Cc1ccc(C(C)C)c(Oc2ccc(N3C[C@H](C(=O)OCC(=O)Nc4cccc5ccccc45)CC3=O)cc2)c1. The topological polar surface area (TPSA) is 84.9 Å². The third-order valence-electron chi connectivity index (χ3n) is 7.03. The summed E-state index contributed by atoms with van der Waals surface area (Å²) in [5.41, 5.74) is 3.56. The largest absolute Gasteiger partial charge is 0.457 e. The maximum Gasteiger partial charge on any atom is 0.311 e. The van der Waals surface area contributed by atoms with Crippen molar-refractivity contribution in [1.29, 1.82) is 0 Å². The van der Waals surface area contributed by atoms with Crippen LogP contribution in [0.2, 0.25) is 0 Å². The molecule has 40 heavy (non-hydrogen) atoms. The first-order valence-electron chi connectivity index (χ1n) is 13.4. The van der Waals surface area contributed by atoms with E-state index in [9.17, 15) is 14.4 Å². The number of amides is 2. The Bertz CT molecular complexity index is 1560. The van der Waals surface area contributed by atoms with E-state index < -0.39 is 24.4 Å². The monoisotopic (exact) mass is 536 g/mol. The normalized spacial score (nSPS) is 14.9. The fourth-order valence-corrected chi connectivity index (χ4v) is 4.92. The lowest BCUT2D eigenvalue weighted by atomic mass is 10.0. The Labute approximate surface area is 233 Å². The maximum atomic E-state index is 12.7. The zero-order valence-electron chi connectivity index (χ0n) is 22.8. The number of hydrogen-bond donors (Lipinski definition) is 1. The van der Waals surface area contributed by atoms with Crippen molar-refractivity contribution in [3.8, 4) is 11.5 Å². The average molecular weight is 537 g/mol. The van der Waals surface area contributed by atoms with Crippen LogP contribution in [0, 0.1) is 12.8 Å². The Balaban J connectivity index is 1.17. The van der Waals surface area contributed by atoms with Gasteiger partial charge in [-0.15, -0.1) is 0 Å². The molecular formula is C33H32N2O5. The molecular weight excluding hydrogens is 504 g/mol. The van der Waals surface area contributed by atoms with Gasteiger partial charge in [0.05, 0.1) is 5.92 Å². The van der Waals surface area contributed by atoms with E-state index in [0.29, 0.717) is 23.0 Å². The second-order valence-electron chi connectivity index (χ2n) is 10.4. The van der Waals surface area contributed by atoms with Crippen molar-refractivity contribution in [2.45, 2.75) is 33.1 Å². The summed E-state index contributed by atoms with van der Waals surface area (Å²) in [4.78, 5) is 39.5. The Kier molecular flexibility index (Phi) is 7.82. The Morgan fingerprint density at radius 3 is 2.50 bits per heavy atom. The summed E-state index contributed by atoms with van der Waals surface area (Å²) in [6.07, 6.45) is 0.0308. The molecule has 1 heterocycles. The molecule has 7 nitrogen and oxygen atoms in total. The van der Waals surface area contributed by atoms with Crippen molar-refractivity contribution >= 4 is 39.9 Å². The van der Waals surface area contributed by atoms with Crippen LogP contribution in [-0.2, 0) is 19.1 Å². The molecule has 0 unspecified atom stereocenters. The van der Waals surface area contributed by atoms with Gasteiger partial charge in [-0.05, 0) is 65.8 Å². The minimum absolute atomic E-state index is 0.0308. The van der Waals surface area contributed by atoms with Crippen molar-refractivity contribution in [3.05, 3.63) is 96.1 Å². The zero-order valence-corrected chi connectivity index (χ0v) is 22.8. The summed E-state index contributed by atoms with van der Waals surface area (Å²) in [7, 11) is 0. The predicted molar refractivity (Wildman–Crippen MR) is 156 cm³/mol. The number of nitrogens with one attached hydrogen (secondary N) is 1. The molecule has 1 aliphatic heterocycles. The van der Waals surface area contributed by atoms with Gasteiger partial charge in [-0.1, -0.05) is 62.4 Å². The van der Waals surface area contributed by atoms with Crippen molar-refractivity contribution < 1.29 is 23.9 Å². The smallest absolute Gasteiger partial charge is 0.311 e. The number of hydrogen-bond acceptors (Lipinski definition) is 5. The van der Waals surface area contributed by atoms with Gasteiger partial charge in [-0.3, -0.25) is 14.4 Å². The number of esters is 1. The molecule has 2 amide bonds. The number of rotatable bonds is 8. The molecule has 5 rings (SSSR count). The first kappa shape index (κ1) is 26.9. The van der Waals surface area contributed by atoms with E-state index in [4.69, 9.17) is 9.47 Å². The van der Waals surface area contributed by atoms with Crippen molar-refractivity contribution in [2.24, 2.45) is 5.92 Å². The molecule has 0 aromatic heterocycles. The van der Waals surface area contributed by atoms with Gasteiger partial charge in [0.25, 0.3) is 5.91 Å². The second kappa shape index (κ2) is 11.6. The fourth-order valence-electron chi connectivity index (χ4n) is 4.92. The molecule has 1 aliphatic rings. The molecule has 0 saturated carbocycles. The zero-order chi connectivity index (χ0) is 28.2. The van der Waals surface area contributed by atoms with E-state index in [1.807, 2.05) is 73.7 Å². The number of ether oxygens (including phenoxy) is 2. The van der Waals surface area contributed by atoms with Gasteiger partial charge in [0.2, 0.25) is 5.91 Å². The van der Waals surface area contributed by atoms with Gasteiger partial charge >= 0.3 is 5.97 Å². The molecule has 7 heteroatoms. The first-order valence-corrected chi connectivity index (χ1v) is 13.4. The molecule has 4 aromatic carbocycles. The van der Waals surface area contributed by atoms with Crippen LogP contribution >= 0.6 is 0 Å². The molecule has 4 aromatic rings. The average Bonchev–Trinajstić information content (AvgIpc) is 3.34. The lowest BCUT2D eigenvalue weighted by Crippen LogP contribution is -2.28. The highest BCUT2D eigenvalue weighted by Gasteiger charge is 2.36. The number of nitrogens with zero attached hydrogens (tertiary/aromatic N) is 1. The molecule has 1 N–H and O–H groups in total. The number of carbonyl (C=O) groups is 3. The van der Waals surface area contributed by atoms with Crippen LogP contribution < -0.4 is 15.0 Å². The van der Waals surface area contributed by atoms with E-state index in [1.165, 1.54) is 0 Å². The quantitative estimate of drug-likeness (QED) is 0.257. The van der Waals surface area contributed by atoms with Crippen molar-refractivity contribution in [3.63, 3.8) is 0 Å². The van der Waals surface area contributed by atoms with Gasteiger partial charge in [-0.2, -0.15) is 0 Å². The Hall–Kier alpha value is -4.65. The van der Waals surface area contributed by atoms with E-state index in [1.54, 1.807) is 11.0 Å². The molecule has 0 bridgehead atoms. The summed E-state index contributed by atoms with van der Waals surface area (Å²) in [5, 5.41) is 4.70. The predicted octanol–water partition coefficient (Wildman–Crippen LogP) is 6.60. The van der Waals surface area contributed by atoms with Crippen molar-refractivity contribution in [1.82, 2.24) is 0 Å². The van der Waals surface area contributed by atoms with Gasteiger partial charge in [-0.25, -0.2) is 0 Å². The summed E-state index contributed by atoms with van der Waals surface area (Å²) in [6.45, 7) is 6.04. The van der Waals surface area contributed by atoms with Crippen LogP contribution in [-0.4, -0.2) is 30.9 Å². The Morgan fingerprint density at radius 1 is 0.975 bits per heavy atom. The van der Waals surface area contributed by atoms with Gasteiger partial charge in [0.1, 0.15) is 11.5 Å². The van der Waals surface area contributed by atoms with Crippen LogP contribution in [0.1, 0.15) is 37.3 Å². The summed E-state index contributed by atoms with van der Waals surface area (Å²) in [6, 6.07) is 26.7. The van der Waals surface area contributed by atoms with Crippen LogP contribution in [0.4, 0.5) is 11.4 Å². The molecule has 0 aliphatic carbocycles. The minimum Gasteiger partial charge on any atom is -0.457 e. The van der Waals surface area contributed by atoms with Crippen LogP contribution in [0.5, 0.6) is 11.5 Å². The third kappa shape index (κ3) is 5.99. The third-order valence-corrected chi connectivity index (χ3v) is 7.03. The second-order valence-corrected chi connectivity index (χ2v) is 10.4. The number of aryl methyl sites for hydroxylation is 1. The number of carbonyl (C=O) groups excluding carboxylic acids is 3. The molecule has 1 atom stereocenters. The highest BCUT2D eigenvalue weighted by molar-refractivity contribution is 6.03. The summed E-state index contributed by atoms with van der Waals surface area (Å²) >= 11 is 0. The lowest BCUT2D eigenvalue weighted by molar-refractivity contribution is -0.151. The molecule has 204 valence electrons. The maximum absolute atomic E-state index is 12.7. The lowest BCUT2D eigenvalue weighted by Gasteiger charge is -2.18. The molecule has 0 spiro atoms. The van der Waals surface area contributed by atoms with Crippen molar-refractivity contribution in [2.75, 3.05) is 23.4 Å². The highest BCUT2D eigenvalue weighted by Crippen LogP contribution is 2.33. The molecule has 1 saturated heterocycles. The van der Waals surface area contributed by atoms with Gasteiger partial charge < -0.3 is 19.7 Å². The summed E-state index contributed by atoms with van der Waals surface area (Å²) < 4.78 is 11.4. The number of fused-ring (bicyclic) bond motifs is 1. The fraction of sp³-hybridized carbons (Fsp3) is 0.242. The molecule has 1 fully saturated rings. The van der Waals surface area contributed by atoms with Crippen LogP contribution in [0.15, 0.2) is 84.9 Å². The van der Waals surface area contributed by atoms with Crippen LogP contribution in [0.3, 0.4) is 0 Å². The van der Waals surface area contributed by atoms with E-state index in [-0.39, 0.29) is 18.9 Å². The van der Waals surface area contributed by atoms with E-state index >= 15 is 0 Å². The van der Waals surface area contributed by atoms with E-state index in [2.05, 4.69) is 31.3 Å². The van der Waals surface area contributed by atoms with Gasteiger partial charge in [0, 0.05) is 29.7 Å². The summed E-state index contributed by atoms with van der Waals surface area (Å²) in [5.74, 6) is -0.0204.